The van der Waals surface area contributed by atoms with Gasteiger partial charge in [0.25, 0.3) is 0 Å². The molecule has 1 aliphatic rings. The van der Waals surface area contributed by atoms with E-state index in [2.05, 4.69) is 0 Å². The van der Waals surface area contributed by atoms with E-state index in [1.165, 1.54) is 0 Å². The van der Waals surface area contributed by atoms with Gasteiger partial charge in [-0.25, -0.2) is 4.79 Å². The topological polar surface area (TPSA) is 61.8 Å². The number of hydrogen-bond donors (Lipinski definition) is 0. The number of para-hydroxylation sites is 2. The first-order valence-electron chi connectivity index (χ1n) is 9.09. The summed E-state index contributed by atoms with van der Waals surface area (Å²) in [5.41, 5.74) is 1.19. The third-order valence-electron chi connectivity index (χ3n) is 4.83. The van der Waals surface area contributed by atoms with Gasteiger partial charge in [-0.05, 0) is 24.6 Å². The number of hydrogen-bond acceptors (Lipinski definition) is 5. The summed E-state index contributed by atoms with van der Waals surface area (Å²) < 4.78 is 16.9. The Morgan fingerprint density at radius 3 is 2.00 bits per heavy atom. The maximum absolute atomic E-state index is 12.5. The second-order valence-electron chi connectivity index (χ2n) is 6.65. The van der Waals surface area contributed by atoms with Crippen LogP contribution >= 0.6 is 0 Å². The van der Waals surface area contributed by atoms with Crippen LogP contribution in [0.3, 0.4) is 0 Å². The molecule has 0 radical (unpaired) electrons. The Balaban J connectivity index is 1.63. The zero-order valence-electron chi connectivity index (χ0n) is 15.7. The van der Waals surface area contributed by atoms with Gasteiger partial charge < -0.3 is 14.2 Å². The quantitative estimate of drug-likeness (QED) is 0.258. The fourth-order valence-electron chi connectivity index (χ4n) is 3.37. The lowest BCUT2D eigenvalue weighted by atomic mass is 9.85. The Hall–Kier alpha value is -3.86. The summed E-state index contributed by atoms with van der Waals surface area (Å²) in [6, 6.07) is 23.6. The molecule has 0 bridgehead atoms. The van der Waals surface area contributed by atoms with Crippen LogP contribution in [0.4, 0.5) is 4.79 Å². The first-order chi connectivity index (χ1) is 14.1. The number of carbonyl (C=O) groups is 2. The fraction of sp³-hybridized carbons (Fsp3) is 0.0833. The largest absolute Gasteiger partial charge is 0.514 e. The Morgan fingerprint density at radius 1 is 0.862 bits per heavy atom. The van der Waals surface area contributed by atoms with E-state index < -0.39 is 11.8 Å². The Morgan fingerprint density at radius 2 is 1.41 bits per heavy atom. The SMILES string of the molecule is CC1(OC(=O)OC=C(C=O)c2ccccc2)c2ccccc2Oc2ccccc21. The average Bonchev–Trinajstić information content (AvgIpc) is 2.75. The number of carbonyl (C=O) groups excluding carboxylic acids is 2. The van der Waals surface area contributed by atoms with E-state index in [1.54, 1.807) is 31.2 Å². The van der Waals surface area contributed by atoms with Crippen LogP contribution in [0, 0.1) is 0 Å². The molecule has 4 rings (SSSR count). The minimum atomic E-state index is -1.11. The molecule has 144 valence electrons. The molecular formula is C24H18O5. The van der Waals surface area contributed by atoms with E-state index in [0.717, 1.165) is 6.26 Å². The molecule has 0 atom stereocenters. The van der Waals surface area contributed by atoms with Crippen molar-refractivity contribution in [2.24, 2.45) is 0 Å². The Bertz CT molecular complexity index is 1040. The van der Waals surface area contributed by atoms with E-state index in [0.29, 0.717) is 34.5 Å². The second-order valence-corrected chi connectivity index (χ2v) is 6.65. The molecule has 0 saturated carbocycles. The summed E-state index contributed by atoms with van der Waals surface area (Å²) in [5, 5.41) is 0. The lowest BCUT2D eigenvalue weighted by Crippen LogP contribution is -2.33. The van der Waals surface area contributed by atoms with Gasteiger partial charge in [0, 0.05) is 11.1 Å². The highest BCUT2D eigenvalue weighted by atomic mass is 16.7. The van der Waals surface area contributed by atoms with Crippen LogP contribution in [0.25, 0.3) is 5.57 Å². The molecule has 0 N–H and O–H groups in total. The molecule has 29 heavy (non-hydrogen) atoms. The predicted molar refractivity (Wildman–Crippen MR) is 107 cm³/mol. The first-order valence-corrected chi connectivity index (χ1v) is 9.09. The van der Waals surface area contributed by atoms with E-state index in [-0.39, 0.29) is 5.57 Å². The number of fused-ring (bicyclic) bond motifs is 2. The van der Waals surface area contributed by atoms with Crippen LogP contribution in [0.2, 0.25) is 0 Å². The molecule has 1 heterocycles. The van der Waals surface area contributed by atoms with Gasteiger partial charge >= 0.3 is 6.16 Å². The standard InChI is InChI=1S/C24H18O5/c1-24(29-23(26)27-16-18(15-25)17-9-3-2-4-10-17)19-11-5-7-13-21(19)28-22-14-8-6-12-20(22)24/h2-16H,1H3. The van der Waals surface area contributed by atoms with Crippen molar-refractivity contribution >= 4 is 18.0 Å². The maximum Gasteiger partial charge on any atom is 0.514 e. The Labute approximate surface area is 168 Å². The number of rotatable bonds is 4. The van der Waals surface area contributed by atoms with Crippen molar-refractivity contribution in [1.29, 1.82) is 0 Å². The molecule has 0 aromatic heterocycles. The van der Waals surface area contributed by atoms with Crippen LogP contribution in [0.1, 0.15) is 23.6 Å². The second kappa shape index (κ2) is 7.64. The van der Waals surface area contributed by atoms with Gasteiger partial charge in [-0.3, -0.25) is 4.79 Å². The van der Waals surface area contributed by atoms with Crippen molar-refractivity contribution in [2.45, 2.75) is 12.5 Å². The van der Waals surface area contributed by atoms with E-state index in [1.807, 2.05) is 54.6 Å². The summed E-state index contributed by atoms with van der Waals surface area (Å²) in [5.74, 6) is 1.21. The Kier molecular flexibility index (Phi) is 4.87. The summed E-state index contributed by atoms with van der Waals surface area (Å²) in [7, 11) is 0. The summed E-state index contributed by atoms with van der Waals surface area (Å²) in [4.78, 5) is 23.9. The summed E-state index contributed by atoms with van der Waals surface area (Å²) >= 11 is 0. The molecule has 0 spiro atoms. The molecule has 5 heteroatoms. The summed E-state index contributed by atoms with van der Waals surface area (Å²) in [6.07, 6.45) is 0.809. The zero-order chi connectivity index (χ0) is 20.3. The first kappa shape index (κ1) is 18.5. The minimum Gasteiger partial charge on any atom is -0.456 e. The lowest BCUT2D eigenvalue weighted by molar-refractivity contribution is -0.103. The predicted octanol–water partition coefficient (Wildman–Crippen LogP) is 5.45. The highest BCUT2D eigenvalue weighted by molar-refractivity contribution is 6.06. The number of aldehydes is 1. The van der Waals surface area contributed by atoms with Crippen LogP contribution in [-0.2, 0) is 19.9 Å². The van der Waals surface area contributed by atoms with E-state index in [9.17, 15) is 9.59 Å². The molecule has 0 unspecified atom stereocenters. The van der Waals surface area contributed by atoms with E-state index >= 15 is 0 Å². The summed E-state index contributed by atoms with van der Waals surface area (Å²) in [6.45, 7) is 1.79. The van der Waals surface area contributed by atoms with Crippen molar-refractivity contribution in [1.82, 2.24) is 0 Å². The lowest BCUT2D eigenvalue weighted by Gasteiger charge is -2.36. The normalized spacial score (nSPS) is 14.0. The van der Waals surface area contributed by atoms with Crippen molar-refractivity contribution in [3.8, 4) is 11.5 Å². The van der Waals surface area contributed by atoms with Crippen molar-refractivity contribution < 1.29 is 23.8 Å². The minimum absolute atomic E-state index is 0.237. The highest BCUT2D eigenvalue weighted by Crippen LogP contribution is 2.48. The van der Waals surface area contributed by atoms with Crippen LogP contribution in [0.15, 0.2) is 85.1 Å². The number of benzene rings is 3. The smallest absolute Gasteiger partial charge is 0.456 e. The van der Waals surface area contributed by atoms with Crippen molar-refractivity contribution in [3.63, 3.8) is 0 Å². The van der Waals surface area contributed by atoms with Crippen molar-refractivity contribution in [3.05, 3.63) is 102 Å². The molecule has 3 aromatic rings. The molecule has 0 fully saturated rings. The van der Waals surface area contributed by atoms with Gasteiger partial charge in [0.1, 0.15) is 17.8 Å². The molecular weight excluding hydrogens is 368 g/mol. The molecule has 0 aliphatic carbocycles. The third kappa shape index (κ3) is 3.50. The van der Waals surface area contributed by atoms with Gasteiger partial charge in [0.05, 0.1) is 5.57 Å². The number of ether oxygens (including phenoxy) is 3. The molecule has 3 aromatic carbocycles. The average molecular weight is 386 g/mol. The van der Waals surface area contributed by atoms with Crippen LogP contribution < -0.4 is 4.74 Å². The molecule has 0 amide bonds. The van der Waals surface area contributed by atoms with Gasteiger partial charge in [0.15, 0.2) is 11.9 Å². The highest BCUT2D eigenvalue weighted by Gasteiger charge is 2.42. The molecule has 1 aliphatic heterocycles. The number of allylic oxidation sites excluding steroid dienone is 1. The molecule has 5 nitrogen and oxygen atoms in total. The van der Waals surface area contributed by atoms with Crippen molar-refractivity contribution in [2.75, 3.05) is 0 Å². The zero-order valence-corrected chi connectivity index (χ0v) is 15.7. The van der Waals surface area contributed by atoms with Gasteiger partial charge in [-0.1, -0.05) is 66.7 Å². The molecule has 0 saturated heterocycles. The van der Waals surface area contributed by atoms with Gasteiger partial charge in [-0.2, -0.15) is 0 Å². The fourth-order valence-corrected chi connectivity index (χ4v) is 3.37. The van der Waals surface area contributed by atoms with Crippen LogP contribution in [-0.4, -0.2) is 12.4 Å². The van der Waals surface area contributed by atoms with Crippen LogP contribution in [0.5, 0.6) is 11.5 Å². The van der Waals surface area contributed by atoms with Gasteiger partial charge in [0.2, 0.25) is 0 Å². The third-order valence-corrected chi connectivity index (χ3v) is 4.83. The maximum atomic E-state index is 12.5. The van der Waals surface area contributed by atoms with Gasteiger partial charge in [-0.15, -0.1) is 0 Å². The monoisotopic (exact) mass is 386 g/mol. The van der Waals surface area contributed by atoms with E-state index in [4.69, 9.17) is 14.2 Å².